The molecular weight excluding hydrogens is 364 g/mol. The lowest BCUT2D eigenvalue weighted by molar-refractivity contribution is 0.586. The summed E-state index contributed by atoms with van der Waals surface area (Å²) in [5.41, 5.74) is 7.72. The van der Waals surface area contributed by atoms with Crippen LogP contribution in [0.3, 0.4) is 0 Å². The number of piperazine rings is 1. The van der Waals surface area contributed by atoms with E-state index in [1.807, 2.05) is 30.6 Å². The third kappa shape index (κ3) is 4.33. The highest BCUT2D eigenvalue weighted by atomic mass is 15.2. The molecule has 8 nitrogen and oxygen atoms in total. The van der Waals surface area contributed by atoms with Crippen molar-refractivity contribution in [2.24, 2.45) is 10.7 Å². The molecule has 29 heavy (non-hydrogen) atoms. The number of anilines is 1. The number of nitrogens with zero attached hydrogens (tertiary/aromatic N) is 5. The second kappa shape index (κ2) is 8.66. The third-order valence-electron chi connectivity index (χ3n) is 4.73. The number of rotatable bonds is 5. The van der Waals surface area contributed by atoms with E-state index in [9.17, 15) is 0 Å². The largest absolute Gasteiger partial charge is 0.394 e. The van der Waals surface area contributed by atoms with E-state index in [4.69, 9.17) is 10.7 Å². The van der Waals surface area contributed by atoms with Gasteiger partial charge in [-0.3, -0.25) is 4.98 Å². The van der Waals surface area contributed by atoms with Crippen molar-refractivity contribution in [2.45, 2.75) is 0 Å². The summed E-state index contributed by atoms with van der Waals surface area (Å²) in [4.78, 5) is 20.3. The summed E-state index contributed by atoms with van der Waals surface area (Å²) in [5, 5.41) is 8.45. The van der Waals surface area contributed by atoms with Gasteiger partial charge in [-0.15, -0.1) is 0 Å². The van der Waals surface area contributed by atoms with Gasteiger partial charge in [0.2, 0.25) is 0 Å². The van der Waals surface area contributed by atoms with Crippen LogP contribution in [0.5, 0.6) is 0 Å². The molecule has 0 unspecified atom stereocenters. The molecule has 148 valence electrons. The number of hydrogen-bond acceptors (Lipinski definition) is 7. The SMILES string of the molecule is CN/C=C\C(N)=Nc1cc(-c2cc3cnccc3c(N3CCNCC3)n2)ccn1. The summed E-state index contributed by atoms with van der Waals surface area (Å²) in [5.74, 6) is 1.90. The van der Waals surface area contributed by atoms with Crippen LogP contribution in [-0.2, 0) is 0 Å². The summed E-state index contributed by atoms with van der Waals surface area (Å²) >= 11 is 0. The smallest absolute Gasteiger partial charge is 0.154 e. The average molecular weight is 388 g/mol. The van der Waals surface area contributed by atoms with Crippen LogP contribution in [0.15, 0.2) is 60.1 Å². The lowest BCUT2D eigenvalue weighted by Crippen LogP contribution is -2.44. The maximum atomic E-state index is 5.92. The first-order valence-electron chi connectivity index (χ1n) is 9.59. The molecule has 1 saturated heterocycles. The minimum Gasteiger partial charge on any atom is -0.394 e. The van der Waals surface area contributed by atoms with Crippen LogP contribution >= 0.6 is 0 Å². The highest BCUT2D eigenvalue weighted by molar-refractivity contribution is 5.95. The summed E-state index contributed by atoms with van der Waals surface area (Å²) < 4.78 is 0. The quantitative estimate of drug-likeness (QED) is 0.452. The Morgan fingerprint density at radius 1 is 1.24 bits per heavy atom. The first kappa shape index (κ1) is 18.8. The topological polar surface area (TPSA) is 104 Å². The van der Waals surface area contributed by atoms with Gasteiger partial charge in [-0.1, -0.05) is 0 Å². The number of nitrogens with two attached hydrogens (primary N) is 1. The normalized spacial score (nSPS) is 15.2. The Labute approximate surface area is 169 Å². The molecular formula is C21H24N8. The van der Waals surface area contributed by atoms with Crippen molar-refractivity contribution in [2.75, 3.05) is 38.1 Å². The van der Waals surface area contributed by atoms with Crippen LogP contribution in [0.1, 0.15) is 0 Å². The molecule has 0 aliphatic carbocycles. The van der Waals surface area contributed by atoms with Crippen molar-refractivity contribution >= 4 is 28.2 Å². The van der Waals surface area contributed by atoms with Crippen molar-refractivity contribution in [3.63, 3.8) is 0 Å². The van der Waals surface area contributed by atoms with Crippen LogP contribution < -0.4 is 21.3 Å². The molecule has 0 spiro atoms. The number of aliphatic imine (C=N–C) groups is 1. The molecule has 4 rings (SSSR count). The Balaban J connectivity index is 1.76. The molecule has 1 fully saturated rings. The summed E-state index contributed by atoms with van der Waals surface area (Å²) in [6, 6.07) is 7.92. The van der Waals surface area contributed by atoms with E-state index in [1.165, 1.54) is 0 Å². The standard InChI is InChI=1S/C21H24N8/c1-23-5-4-19(22)28-20-13-15(2-7-26-20)18-12-16-14-25-6-3-17(16)21(27-18)29-10-8-24-9-11-29/h2-7,12-14,23-24H,8-11H2,1H3,(H2,22,26,28)/b5-4-. The Kier molecular flexibility index (Phi) is 5.62. The fraction of sp³-hybridized carbons (Fsp3) is 0.238. The molecule has 0 atom stereocenters. The van der Waals surface area contributed by atoms with Gasteiger partial charge in [0, 0.05) is 68.2 Å². The highest BCUT2D eigenvalue weighted by Crippen LogP contribution is 2.30. The Morgan fingerprint density at radius 3 is 2.93 bits per heavy atom. The van der Waals surface area contributed by atoms with Crippen molar-refractivity contribution in [1.29, 1.82) is 0 Å². The maximum absolute atomic E-state index is 5.92. The Hall–Kier alpha value is -3.52. The van der Waals surface area contributed by atoms with Gasteiger partial charge >= 0.3 is 0 Å². The van der Waals surface area contributed by atoms with E-state index in [0.29, 0.717) is 11.7 Å². The van der Waals surface area contributed by atoms with Gasteiger partial charge in [0.15, 0.2) is 5.82 Å². The second-order valence-corrected chi connectivity index (χ2v) is 6.73. The average Bonchev–Trinajstić information content (AvgIpc) is 2.77. The fourth-order valence-corrected chi connectivity index (χ4v) is 3.32. The van der Waals surface area contributed by atoms with E-state index in [2.05, 4.69) is 36.6 Å². The van der Waals surface area contributed by atoms with Crippen LogP contribution in [0.2, 0.25) is 0 Å². The number of pyridine rings is 3. The predicted molar refractivity (Wildman–Crippen MR) is 117 cm³/mol. The first-order valence-corrected chi connectivity index (χ1v) is 9.59. The Morgan fingerprint density at radius 2 is 2.10 bits per heavy atom. The zero-order valence-corrected chi connectivity index (χ0v) is 16.3. The lowest BCUT2D eigenvalue weighted by atomic mass is 10.1. The third-order valence-corrected chi connectivity index (χ3v) is 4.73. The minimum absolute atomic E-state index is 0.376. The molecule has 4 N–H and O–H groups in total. The van der Waals surface area contributed by atoms with E-state index < -0.39 is 0 Å². The molecule has 0 aromatic carbocycles. The van der Waals surface area contributed by atoms with Gasteiger partial charge in [0.1, 0.15) is 11.7 Å². The van der Waals surface area contributed by atoms with Crippen LogP contribution in [0, 0.1) is 0 Å². The summed E-state index contributed by atoms with van der Waals surface area (Å²) in [7, 11) is 1.80. The van der Waals surface area contributed by atoms with Crippen LogP contribution in [0.25, 0.3) is 22.0 Å². The molecule has 0 bridgehead atoms. The summed E-state index contributed by atoms with van der Waals surface area (Å²) in [6.45, 7) is 3.75. The monoisotopic (exact) mass is 388 g/mol. The molecule has 1 aliphatic rings. The maximum Gasteiger partial charge on any atom is 0.154 e. The van der Waals surface area contributed by atoms with Crippen LogP contribution in [-0.4, -0.2) is 54.0 Å². The molecule has 0 amide bonds. The number of amidine groups is 1. The highest BCUT2D eigenvalue weighted by Gasteiger charge is 2.16. The number of hydrogen-bond donors (Lipinski definition) is 3. The van der Waals surface area contributed by atoms with Gasteiger partial charge < -0.3 is 21.3 Å². The number of aromatic nitrogens is 3. The molecule has 1 aliphatic heterocycles. The van der Waals surface area contributed by atoms with E-state index >= 15 is 0 Å². The molecule has 0 saturated carbocycles. The number of fused-ring (bicyclic) bond motifs is 1. The van der Waals surface area contributed by atoms with Gasteiger partial charge in [-0.25, -0.2) is 15.0 Å². The second-order valence-electron chi connectivity index (χ2n) is 6.73. The first-order chi connectivity index (χ1) is 14.2. The van der Waals surface area contributed by atoms with Gasteiger partial charge in [0.25, 0.3) is 0 Å². The molecule has 0 radical (unpaired) electrons. The molecule has 3 aromatic rings. The van der Waals surface area contributed by atoms with E-state index in [-0.39, 0.29) is 0 Å². The zero-order chi connectivity index (χ0) is 20.1. The van der Waals surface area contributed by atoms with Crippen LogP contribution in [0.4, 0.5) is 11.6 Å². The van der Waals surface area contributed by atoms with Gasteiger partial charge in [-0.2, -0.15) is 0 Å². The van der Waals surface area contributed by atoms with Gasteiger partial charge in [0.05, 0.1) is 5.69 Å². The zero-order valence-electron chi connectivity index (χ0n) is 16.3. The van der Waals surface area contributed by atoms with Crippen molar-refractivity contribution in [3.05, 3.63) is 55.1 Å². The van der Waals surface area contributed by atoms with E-state index in [1.54, 1.807) is 25.5 Å². The minimum atomic E-state index is 0.376. The van der Waals surface area contributed by atoms with Crippen molar-refractivity contribution in [1.82, 2.24) is 25.6 Å². The number of nitrogens with one attached hydrogen (secondary N) is 2. The fourth-order valence-electron chi connectivity index (χ4n) is 3.32. The predicted octanol–water partition coefficient (Wildman–Crippen LogP) is 1.82. The molecule has 3 aromatic heterocycles. The Bertz CT molecular complexity index is 1050. The van der Waals surface area contributed by atoms with Crippen molar-refractivity contribution < 1.29 is 0 Å². The van der Waals surface area contributed by atoms with E-state index in [0.717, 1.165) is 54.0 Å². The van der Waals surface area contributed by atoms with Crippen molar-refractivity contribution in [3.8, 4) is 11.3 Å². The summed E-state index contributed by atoms with van der Waals surface area (Å²) in [6.07, 6.45) is 8.84. The molecule has 4 heterocycles. The van der Waals surface area contributed by atoms with Gasteiger partial charge in [-0.05, 0) is 36.5 Å². The lowest BCUT2D eigenvalue weighted by Gasteiger charge is -2.29. The molecule has 8 heteroatoms.